The quantitative estimate of drug-likeness (QED) is 0.790. The summed E-state index contributed by atoms with van der Waals surface area (Å²) in [4.78, 5) is 4.43. The summed E-state index contributed by atoms with van der Waals surface area (Å²) >= 11 is 0. The first-order valence-electron chi connectivity index (χ1n) is 6.79. The van der Waals surface area contributed by atoms with Gasteiger partial charge in [-0.25, -0.2) is 0 Å². The Labute approximate surface area is 104 Å². The van der Waals surface area contributed by atoms with Gasteiger partial charge in [-0.05, 0) is 43.7 Å². The van der Waals surface area contributed by atoms with Crippen molar-refractivity contribution in [2.75, 3.05) is 0 Å². The number of hydrogen-bond acceptors (Lipinski definition) is 2. The Morgan fingerprint density at radius 2 is 1.82 bits per heavy atom. The Morgan fingerprint density at radius 1 is 1.18 bits per heavy atom. The number of pyridine rings is 1. The molecule has 2 heteroatoms. The zero-order valence-corrected chi connectivity index (χ0v) is 10.9. The normalized spacial score (nSPS) is 19.9. The zero-order valence-electron chi connectivity index (χ0n) is 10.9. The van der Waals surface area contributed by atoms with Crippen molar-refractivity contribution in [3.63, 3.8) is 0 Å². The first kappa shape index (κ1) is 12.6. The van der Waals surface area contributed by atoms with Crippen molar-refractivity contribution in [3.05, 3.63) is 29.1 Å². The van der Waals surface area contributed by atoms with Crippen molar-refractivity contribution >= 4 is 0 Å². The van der Waals surface area contributed by atoms with E-state index in [0.29, 0.717) is 5.92 Å². The van der Waals surface area contributed by atoms with Crippen LogP contribution in [0.15, 0.2) is 12.3 Å². The second-order valence-electron chi connectivity index (χ2n) is 5.41. The third kappa shape index (κ3) is 3.06. The molecule has 1 aromatic heterocycles. The third-order valence-corrected chi connectivity index (χ3v) is 3.88. The molecule has 0 spiro atoms. The van der Waals surface area contributed by atoms with Gasteiger partial charge in [0.05, 0.1) is 11.8 Å². The number of aryl methyl sites for hydroxylation is 2. The second-order valence-corrected chi connectivity index (χ2v) is 5.41. The summed E-state index contributed by atoms with van der Waals surface area (Å²) in [6, 6.07) is 2.11. The lowest BCUT2D eigenvalue weighted by Crippen LogP contribution is -2.14. The molecule has 0 bridgehead atoms. The molecule has 0 amide bonds. The molecule has 2 nitrogen and oxygen atoms in total. The largest absolute Gasteiger partial charge is 0.387 e. The number of aliphatic hydroxyl groups excluding tert-OH is 1. The maximum absolute atomic E-state index is 10.5. The fraction of sp³-hybridized carbons (Fsp3) is 0.667. The van der Waals surface area contributed by atoms with Crippen LogP contribution in [0.4, 0.5) is 0 Å². The molecule has 1 heterocycles. The number of rotatable bonds is 2. The lowest BCUT2D eigenvalue weighted by molar-refractivity contribution is 0.0941. The molecule has 17 heavy (non-hydrogen) atoms. The molecule has 1 N–H and O–H groups in total. The molecule has 0 radical (unpaired) electrons. The molecule has 1 aromatic rings. The van der Waals surface area contributed by atoms with Gasteiger partial charge in [-0.3, -0.25) is 4.98 Å². The van der Waals surface area contributed by atoms with E-state index < -0.39 is 0 Å². The van der Waals surface area contributed by atoms with Crippen LogP contribution in [-0.4, -0.2) is 10.1 Å². The monoisotopic (exact) mass is 233 g/mol. The smallest absolute Gasteiger partial charge is 0.0990 e. The SMILES string of the molecule is Cc1cnc(C(O)C2CCCCCC2)c(C)c1. The van der Waals surface area contributed by atoms with Gasteiger partial charge in [-0.1, -0.05) is 31.7 Å². The predicted octanol–water partition coefficient (Wildman–Crippen LogP) is 3.70. The maximum atomic E-state index is 10.5. The number of aromatic nitrogens is 1. The first-order chi connectivity index (χ1) is 8.18. The molecular weight excluding hydrogens is 210 g/mol. The van der Waals surface area contributed by atoms with Gasteiger partial charge in [-0.2, -0.15) is 0 Å². The Hall–Kier alpha value is -0.890. The van der Waals surface area contributed by atoms with Gasteiger partial charge in [0.2, 0.25) is 0 Å². The predicted molar refractivity (Wildman–Crippen MR) is 69.9 cm³/mol. The van der Waals surface area contributed by atoms with E-state index in [0.717, 1.165) is 24.1 Å². The van der Waals surface area contributed by atoms with Gasteiger partial charge in [0, 0.05) is 6.20 Å². The van der Waals surface area contributed by atoms with Gasteiger partial charge < -0.3 is 5.11 Å². The standard InChI is InChI=1S/C15H23NO/c1-11-9-12(2)14(16-10-11)15(17)13-7-5-3-4-6-8-13/h9-10,13,15,17H,3-8H2,1-2H3. The summed E-state index contributed by atoms with van der Waals surface area (Å²) in [6.07, 6.45) is 8.95. The summed E-state index contributed by atoms with van der Waals surface area (Å²) in [5, 5.41) is 10.5. The summed E-state index contributed by atoms with van der Waals surface area (Å²) in [5.74, 6) is 0.409. The van der Waals surface area contributed by atoms with Crippen molar-refractivity contribution in [3.8, 4) is 0 Å². The summed E-state index contributed by atoms with van der Waals surface area (Å²) < 4.78 is 0. The van der Waals surface area contributed by atoms with E-state index in [1.807, 2.05) is 13.1 Å². The Bertz CT molecular complexity index is 367. The molecule has 94 valence electrons. The molecule has 1 saturated carbocycles. The van der Waals surface area contributed by atoms with Crippen LogP contribution in [-0.2, 0) is 0 Å². The van der Waals surface area contributed by atoms with Crippen LogP contribution in [0, 0.1) is 19.8 Å². The van der Waals surface area contributed by atoms with Crippen LogP contribution in [0.5, 0.6) is 0 Å². The van der Waals surface area contributed by atoms with Gasteiger partial charge >= 0.3 is 0 Å². The van der Waals surface area contributed by atoms with E-state index in [2.05, 4.69) is 18.0 Å². The molecule has 1 unspecified atom stereocenters. The molecular formula is C15H23NO. The van der Waals surface area contributed by atoms with E-state index in [4.69, 9.17) is 0 Å². The van der Waals surface area contributed by atoms with E-state index in [-0.39, 0.29) is 6.10 Å². The average molecular weight is 233 g/mol. The van der Waals surface area contributed by atoms with E-state index in [9.17, 15) is 5.11 Å². The average Bonchev–Trinajstić information content (AvgIpc) is 2.56. The Morgan fingerprint density at radius 3 is 2.41 bits per heavy atom. The lowest BCUT2D eigenvalue weighted by atomic mass is 9.90. The van der Waals surface area contributed by atoms with Gasteiger partial charge in [0.25, 0.3) is 0 Å². The molecule has 1 atom stereocenters. The van der Waals surface area contributed by atoms with Crippen molar-refractivity contribution < 1.29 is 5.11 Å². The fourth-order valence-corrected chi connectivity index (χ4v) is 2.89. The topological polar surface area (TPSA) is 33.1 Å². The fourth-order valence-electron chi connectivity index (χ4n) is 2.89. The Balaban J connectivity index is 2.14. The first-order valence-corrected chi connectivity index (χ1v) is 6.79. The minimum Gasteiger partial charge on any atom is -0.387 e. The van der Waals surface area contributed by atoms with E-state index in [1.54, 1.807) is 0 Å². The van der Waals surface area contributed by atoms with Crippen LogP contribution in [0.25, 0.3) is 0 Å². The number of nitrogens with zero attached hydrogens (tertiary/aromatic N) is 1. The molecule has 1 aliphatic rings. The maximum Gasteiger partial charge on any atom is 0.0990 e. The minimum atomic E-state index is -0.367. The summed E-state index contributed by atoms with van der Waals surface area (Å²) in [5.41, 5.74) is 3.18. The van der Waals surface area contributed by atoms with Crippen LogP contribution in [0.2, 0.25) is 0 Å². The van der Waals surface area contributed by atoms with Crippen LogP contribution >= 0.6 is 0 Å². The highest BCUT2D eigenvalue weighted by Crippen LogP contribution is 2.33. The molecule has 1 fully saturated rings. The molecule has 0 saturated heterocycles. The highest BCUT2D eigenvalue weighted by Gasteiger charge is 2.24. The van der Waals surface area contributed by atoms with Crippen LogP contribution < -0.4 is 0 Å². The number of aliphatic hydroxyl groups is 1. The van der Waals surface area contributed by atoms with E-state index in [1.165, 1.54) is 31.2 Å². The van der Waals surface area contributed by atoms with Crippen LogP contribution in [0.3, 0.4) is 0 Å². The van der Waals surface area contributed by atoms with Gasteiger partial charge in [0.1, 0.15) is 0 Å². The molecule has 0 aliphatic heterocycles. The summed E-state index contributed by atoms with van der Waals surface area (Å²) in [7, 11) is 0. The highest BCUT2D eigenvalue weighted by molar-refractivity contribution is 5.25. The van der Waals surface area contributed by atoms with Crippen molar-refractivity contribution in [1.29, 1.82) is 0 Å². The van der Waals surface area contributed by atoms with Crippen molar-refractivity contribution in [1.82, 2.24) is 4.98 Å². The van der Waals surface area contributed by atoms with Crippen LogP contribution in [0.1, 0.15) is 61.4 Å². The van der Waals surface area contributed by atoms with Gasteiger partial charge in [-0.15, -0.1) is 0 Å². The highest BCUT2D eigenvalue weighted by atomic mass is 16.3. The molecule has 2 rings (SSSR count). The zero-order chi connectivity index (χ0) is 12.3. The summed E-state index contributed by atoms with van der Waals surface area (Å²) in [6.45, 7) is 4.09. The lowest BCUT2D eigenvalue weighted by Gasteiger charge is -2.22. The third-order valence-electron chi connectivity index (χ3n) is 3.88. The van der Waals surface area contributed by atoms with Gasteiger partial charge in [0.15, 0.2) is 0 Å². The second kappa shape index (κ2) is 5.63. The van der Waals surface area contributed by atoms with Crippen molar-refractivity contribution in [2.24, 2.45) is 5.92 Å². The Kier molecular flexibility index (Phi) is 4.16. The number of hydrogen-bond donors (Lipinski definition) is 1. The minimum absolute atomic E-state index is 0.367. The molecule has 0 aromatic carbocycles. The molecule has 1 aliphatic carbocycles. The van der Waals surface area contributed by atoms with Crippen molar-refractivity contribution in [2.45, 2.75) is 58.5 Å². The van der Waals surface area contributed by atoms with E-state index >= 15 is 0 Å².